The molecule has 12 aromatic rings. The van der Waals surface area contributed by atoms with Crippen LogP contribution in [-0.4, -0.2) is 79.2 Å². The molecule has 0 saturated heterocycles. The first-order valence-corrected chi connectivity index (χ1v) is 46.4. The van der Waals surface area contributed by atoms with Crippen LogP contribution in [0.3, 0.4) is 0 Å². The molecule has 6 N–H and O–H groups in total. The van der Waals surface area contributed by atoms with E-state index in [9.17, 15) is 33.2 Å². The van der Waals surface area contributed by atoms with Gasteiger partial charge in [0.1, 0.15) is 80.0 Å². The monoisotopic (exact) mass is 2360 g/mol. The van der Waals surface area contributed by atoms with Crippen LogP contribution in [0.15, 0.2) is 256 Å². The molecular formula is C97H94Br7ClFIN6O18. The van der Waals surface area contributed by atoms with Gasteiger partial charge in [0.05, 0.1) is 104 Å². The number of methoxy groups -OCH3 is 6. The van der Waals surface area contributed by atoms with Gasteiger partial charge < -0.3 is 56.8 Å². The maximum atomic E-state index is 14.0. The van der Waals surface area contributed by atoms with E-state index in [2.05, 4.69) is 194 Å². The molecular weight excluding hydrogens is 2280 g/mol. The van der Waals surface area contributed by atoms with Crippen LogP contribution in [0.4, 0.5) is 67.3 Å². The fourth-order valence-corrected chi connectivity index (χ4v) is 16.3. The van der Waals surface area contributed by atoms with Gasteiger partial charge in [0.2, 0.25) is 0 Å². The fourth-order valence-electron chi connectivity index (χ4n) is 11.3. The SMILES string of the molecule is COC(=O)Nc1cccc(Br)c1COc1ccc(C)cc1Br.COC(=O)Nc1cccc(C)c1COc1ccc(C)cc1Br.COC(=O)Nc1cccc(Cl)c1COc1ccc(C)cc1Br.COC(=O)Nc1cccc(F)c1COc1ccc(C)cc1Br.COC(=O)Nc1cccc(I)c1COc1ccc(C)cc1Br.COC(=O)Nc1ccccc1COc1ccc(C)cc1Br. The van der Waals surface area contributed by atoms with E-state index in [0.29, 0.717) is 82.6 Å². The van der Waals surface area contributed by atoms with Crippen LogP contribution in [0.25, 0.3) is 0 Å². The summed E-state index contributed by atoms with van der Waals surface area (Å²) in [6.07, 6.45) is -3.23. The summed E-state index contributed by atoms with van der Waals surface area (Å²) in [6, 6.07) is 68.9. The number of ether oxygens (including phenoxy) is 12. The van der Waals surface area contributed by atoms with Gasteiger partial charge in [-0.15, -0.1) is 0 Å². The van der Waals surface area contributed by atoms with Crippen molar-refractivity contribution in [1.82, 2.24) is 0 Å². The van der Waals surface area contributed by atoms with Gasteiger partial charge in [-0.05, 0) is 339 Å². The average molecular weight is 2370 g/mol. The summed E-state index contributed by atoms with van der Waals surface area (Å²) in [5.41, 5.74) is 15.9. The van der Waals surface area contributed by atoms with E-state index >= 15 is 0 Å². The first-order chi connectivity index (χ1) is 62.6. The Kier molecular flexibility index (Phi) is 45.6. The molecule has 0 heterocycles. The van der Waals surface area contributed by atoms with E-state index in [1.54, 1.807) is 42.5 Å². The summed E-state index contributed by atoms with van der Waals surface area (Å²) in [5, 5.41) is 16.4. The Morgan fingerprint density at radius 2 is 0.542 bits per heavy atom. The molecule has 0 saturated carbocycles. The largest absolute Gasteiger partial charge is 0.488 e. The maximum absolute atomic E-state index is 14.0. The Bertz CT molecular complexity index is 5240. The lowest BCUT2D eigenvalue weighted by molar-refractivity contribution is 0.186. The third kappa shape index (κ3) is 35.8. The third-order valence-corrected chi connectivity index (χ3v) is 24.0. The van der Waals surface area contributed by atoms with E-state index < -0.39 is 42.4 Å². The number of carbonyl (C=O) groups excluding carboxylic acids is 6. The Morgan fingerprint density at radius 1 is 0.282 bits per heavy atom. The molecule has 6 amide bonds. The van der Waals surface area contributed by atoms with Crippen LogP contribution in [-0.2, 0) is 68.1 Å². The van der Waals surface area contributed by atoms with E-state index in [1.165, 1.54) is 54.8 Å². The lowest BCUT2D eigenvalue weighted by Crippen LogP contribution is -2.14. The molecule has 34 heteroatoms. The van der Waals surface area contributed by atoms with E-state index in [4.69, 9.17) is 40.0 Å². The minimum Gasteiger partial charge on any atom is -0.488 e. The molecule has 12 rings (SSSR count). The summed E-state index contributed by atoms with van der Waals surface area (Å²) in [4.78, 5) is 68.3. The Labute approximate surface area is 838 Å². The molecule has 690 valence electrons. The van der Waals surface area contributed by atoms with Crippen LogP contribution < -0.4 is 60.3 Å². The average Bonchev–Trinajstić information content (AvgIpc) is 0.849. The molecule has 0 fully saturated rings. The summed E-state index contributed by atoms with van der Waals surface area (Å²) in [6.45, 7) is 15.6. The standard InChI is InChI=1S/C17H18BrNO3.C16H15Br2NO3.C16H15BrClNO3.C16H15BrFNO3.C16H15BrINO3.C16H16BrNO3/c1-11-7-8-16(14(18)9-11)22-10-13-12(2)5-4-6-15(13)19-17(20)21-3;1-10-6-7-15(13(18)8-10)22-9-11-12(17)4-3-5-14(11)19-16(20)21-2;3*1-10-6-7-15(12(17)8-10)22-9-11-13(18)4-3-5-14(11)19-16(20)21-2;1-11-7-8-15(13(17)9-11)21-10-12-5-3-4-6-14(12)18-16(19)20-2/h4-9H,10H2,1-3H3,(H,19,20);4*3-8H,9H2,1-2H3,(H,19,20);3-9H,10H2,1-2H3,(H,18,19). The molecule has 12 aromatic carbocycles. The van der Waals surface area contributed by atoms with Crippen molar-refractivity contribution >= 4 is 216 Å². The second-order valence-electron chi connectivity index (χ2n) is 27.9. The van der Waals surface area contributed by atoms with Crippen molar-refractivity contribution < 1.29 is 90.0 Å². The summed E-state index contributed by atoms with van der Waals surface area (Å²) in [7, 11) is 7.88. The number of anilines is 6. The van der Waals surface area contributed by atoms with Gasteiger partial charge >= 0.3 is 36.6 Å². The van der Waals surface area contributed by atoms with Crippen LogP contribution in [0.2, 0.25) is 5.02 Å². The van der Waals surface area contributed by atoms with Gasteiger partial charge in [0, 0.05) is 46.4 Å². The van der Waals surface area contributed by atoms with Gasteiger partial charge in [-0.3, -0.25) is 31.9 Å². The zero-order valence-corrected chi connectivity index (χ0v) is 87.2. The zero-order chi connectivity index (χ0) is 95.8. The minimum absolute atomic E-state index is 0.0202. The second kappa shape index (κ2) is 55.6. The number of hydrogen-bond acceptors (Lipinski definition) is 18. The van der Waals surface area contributed by atoms with Crippen molar-refractivity contribution in [3.8, 4) is 34.5 Å². The van der Waals surface area contributed by atoms with Crippen LogP contribution in [0.1, 0.15) is 72.3 Å². The number of nitrogens with one attached hydrogen (secondary N) is 6. The Hall–Kier alpha value is -10.6. The van der Waals surface area contributed by atoms with E-state index in [1.807, 2.05) is 218 Å². The molecule has 0 aromatic heterocycles. The normalized spacial score (nSPS) is 10.2. The fraction of sp³-hybridized carbons (Fsp3) is 0.196. The lowest BCUT2D eigenvalue weighted by atomic mass is 10.1. The van der Waals surface area contributed by atoms with Crippen LogP contribution in [0.5, 0.6) is 34.5 Å². The van der Waals surface area contributed by atoms with Crippen LogP contribution >= 0.6 is 146 Å². The zero-order valence-electron chi connectivity index (χ0n) is 73.2. The molecule has 0 bridgehead atoms. The van der Waals surface area contributed by atoms with E-state index in [0.717, 1.165) is 119 Å². The quantitative estimate of drug-likeness (QED) is 0.0242. The molecule has 0 radical (unpaired) electrons. The summed E-state index contributed by atoms with van der Waals surface area (Å²) < 4.78 is 83.6. The lowest BCUT2D eigenvalue weighted by Gasteiger charge is -2.15. The molecule has 24 nitrogen and oxygen atoms in total. The maximum Gasteiger partial charge on any atom is 0.411 e. The molecule has 0 spiro atoms. The van der Waals surface area contributed by atoms with Crippen molar-refractivity contribution in [2.24, 2.45) is 0 Å². The van der Waals surface area contributed by atoms with Crippen molar-refractivity contribution in [3.05, 3.63) is 342 Å². The number of carbonyl (C=O) groups is 6. The molecule has 131 heavy (non-hydrogen) atoms. The first-order valence-electron chi connectivity index (χ1n) is 39.3. The highest BCUT2D eigenvalue weighted by molar-refractivity contribution is 14.1. The predicted octanol–water partition coefficient (Wildman–Crippen LogP) is 29.6. The Balaban J connectivity index is 0.000000215. The molecule has 0 atom stereocenters. The smallest absolute Gasteiger partial charge is 0.411 e. The number of aryl methyl sites for hydroxylation is 7. The van der Waals surface area contributed by atoms with Gasteiger partial charge in [-0.25, -0.2) is 33.2 Å². The van der Waals surface area contributed by atoms with Crippen LogP contribution in [0, 0.1) is 57.9 Å². The topological polar surface area (TPSA) is 285 Å². The Morgan fingerprint density at radius 3 is 0.908 bits per heavy atom. The highest BCUT2D eigenvalue weighted by Gasteiger charge is 2.20. The number of rotatable bonds is 24. The van der Waals surface area contributed by atoms with Gasteiger partial charge in [-0.1, -0.05) is 119 Å². The van der Waals surface area contributed by atoms with Crippen molar-refractivity contribution in [1.29, 1.82) is 0 Å². The second-order valence-corrected chi connectivity index (χ2v) is 35.4. The number of hydrogen-bond donors (Lipinski definition) is 6. The molecule has 0 unspecified atom stereocenters. The van der Waals surface area contributed by atoms with Crippen molar-refractivity contribution in [3.63, 3.8) is 0 Å². The highest BCUT2D eigenvalue weighted by Crippen LogP contribution is 2.37. The van der Waals surface area contributed by atoms with Crippen molar-refractivity contribution in [2.75, 3.05) is 74.6 Å². The number of halogens is 10. The molecule has 0 aliphatic rings. The third-order valence-electron chi connectivity index (χ3n) is 18.2. The molecule has 0 aliphatic carbocycles. The summed E-state index contributed by atoms with van der Waals surface area (Å²) >= 11 is 32.7. The van der Waals surface area contributed by atoms with Crippen molar-refractivity contribution in [2.45, 2.75) is 88.1 Å². The van der Waals surface area contributed by atoms with Gasteiger partial charge in [-0.2, -0.15) is 0 Å². The number of amides is 6. The minimum atomic E-state index is -0.664. The van der Waals surface area contributed by atoms with Gasteiger partial charge in [0.25, 0.3) is 0 Å². The van der Waals surface area contributed by atoms with Gasteiger partial charge in [0.15, 0.2) is 0 Å². The summed E-state index contributed by atoms with van der Waals surface area (Å²) in [5.74, 6) is 3.86. The predicted molar refractivity (Wildman–Crippen MR) is 544 cm³/mol. The highest BCUT2D eigenvalue weighted by atomic mass is 127. The van der Waals surface area contributed by atoms with E-state index in [-0.39, 0.29) is 18.8 Å². The number of benzene rings is 12. The first kappa shape index (κ1) is 107. The number of para-hydroxylation sites is 1. The molecule has 0 aliphatic heterocycles.